The Bertz CT molecular complexity index is 310. The van der Waals surface area contributed by atoms with Crippen molar-refractivity contribution in [1.29, 1.82) is 5.26 Å². The van der Waals surface area contributed by atoms with Gasteiger partial charge in [0.2, 0.25) is 0 Å². The monoisotopic (exact) mass is 209 g/mol. The molecule has 80 valence electrons. The van der Waals surface area contributed by atoms with E-state index in [4.69, 9.17) is 21.5 Å². The van der Waals surface area contributed by atoms with E-state index in [1.807, 2.05) is 0 Å². The Labute approximate surface area is 87.6 Å². The van der Waals surface area contributed by atoms with Gasteiger partial charge in [-0.25, -0.2) is 0 Å². The molecular weight excluding hydrogens is 198 g/mol. The van der Waals surface area contributed by atoms with Gasteiger partial charge in [-0.1, -0.05) is 5.92 Å². The number of hydrogen-bond acceptors (Lipinski definition) is 4. The molecule has 0 bridgehead atoms. The van der Waals surface area contributed by atoms with Crippen molar-refractivity contribution in [2.75, 3.05) is 0 Å². The second-order valence-electron chi connectivity index (χ2n) is 2.75. The van der Waals surface area contributed by atoms with Crippen LogP contribution in [0.4, 0.5) is 0 Å². The Balaban J connectivity index is 3.78. The maximum Gasteiger partial charge on any atom is 0.307 e. The first-order chi connectivity index (χ1) is 7.10. The van der Waals surface area contributed by atoms with Gasteiger partial charge in [0, 0.05) is 12.8 Å². The number of aliphatic carboxylic acids is 1. The molecule has 1 N–H and O–H groups in total. The zero-order valence-electron chi connectivity index (χ0n) is 8.10. The predicted octanol–water partition coefficient (Wildman–Crippen LogP) is 0.700. The first-order valence-corrected chi connectivity index (χ1v) is 4.34. The van der Waals surface area contributed by atoms with E-state index >= 15 is 0 Å². The van der Waals surface area contributed by atoms with Crippen LogP contribution in [0.25, 0.3) is 0 Å². The van der Waals surface area contributed by atoms with Gasteiger partial charge >= 0.3 is 11.9 Å². The predicted molar refractivity (Wildman–Crippen MR) is 50.4 cm³/mol. The molecule has 0 aliphatic heterocycles. The molecule has 0 heterocycles. The molecule has 5 nitrogen and oxygen atoms in total. The third-order valence-corrected chi connectivity index (χ3v) is 1.51. The van der Waals surface area contributed by atoms with E-state index in [-0.39, 0.29) is 25.7 Å². The van der Waals surface area contributed by atoms with Gasteiger partial charge in [-0.3, -0.25) is 9.59 Å². The lowest BCUT2D eigenvalue weighted by Gasteiger charge is -2.07. The fraction of sp³-hybridized carbons (Fsp3) is 0.500. The SMILES string of the molecule is C#CC(CC#N)OC(=O)CCCC(=O)O. The number of carbonyl (C=O) groups is 2. The van der Waals surface area contributed by atoms with Crippen molar-refractivity contribution < 1.29 is 19.4 Å². The number of hydrogen-bond donors (Lipinski definition) is 1. The van der Waals surface area contributed by atoms with Crippen molar-refractivity contribution in [1.82, 2.24) is 0 Å². The summed E-state index contributed by atoms with van der Waals surface area (Å²) in [7, 11) is 0. The van der Waals surface area contributed by atoms with E-state index < -0.39 is 18.0 Å². The first kappa shape index (κ1) is 13.0. The van der Waals surface area contributed by atoms with Crippen LogP contribution in [-0.2, 0) is 14.3 Å². The van der Waals surface area contributed by atoms with Crippen molar-refractivity contribution in [3.8, 4) is 18.4 Å². The molecule has 0 spiro atoms. The summed E-state index contributed by atoms with van der Waals surface area (Å²) in [5.41, 5.74) is 0. The highest BCUT2D eigenvalue weighted by Crippen LogP contribution is 2.02. The molecule has 0 aliphatic carbocycles. The van der Waals surface area contributed by atoms with Crippen molar-refractivity contribution >= 4 is 11.9 Å². The Morgan fingerprint density at radius 1 is 1.47 bits per heavy atom. The molecule has 5 heteroatoms. The van der Waals surface area contributed by atoms with Crippen LogP contribution in [0.2, 0.25) is 0 Å². The number of nitrogens with zero attached hydrogens (tertiary/aromatic N) is 1. The van der Waals surface area contributed by atoms with Crippen LogP contribution >= 0.6 is 0 Å². The van der Waals surface area contributed by atoms with E-state index in [0.29, 0.717) is 0 Å². The van der Waals surface area contributed by atoms with Gasteiger partial charge in [-0.15, -0.1) is 6.42 Å². The molecule has 0 saturated heterocycles. The van der Waals surface area contributed by atoms with Crippen LogP contribution in [0.1, 0.15) is 25.7 Å². The molecule has 0 radical (unpaired) electrons. The molecule has 1 unspecified atom stereocenters. The Morgan fingerprint density at radius 3 is 2.60 bits per heavy atom. The van der Waals surface area contributed by atoms with Crippen LogP contribution in [-0.4, -0.2) is 23.1 Å². The quantitative estimate of drug-likeness (QED) is 0.514. The molecule has 0 aromatic heterocycles. The van der Waals surface area contributed by atoms with Gasteiger partial charge in [-0.05, 0) is 6.42 Å². The lowest BCUT2D eigenvalue weighted by Crippen LogP contribution is -2.15. The summed E-state index contributed by atoms with van der Waals surface area (Å²) in [5.74, 6) is 0.612. The Hall–Kier alpha value is -2.01. The first-order valence-electron chi connectivity index (χ1n) is 4.34. The summed E-state index contributed by atoms with van der Waals surface area (Å²) in [6, 6.07) is 1.78. The molecular formula is C10H11NO4. The minimum atomic E-state index is -0.965. The number of nitriles is 1. The van der Waals surface area contributed by atoms with Gasteiger partial charge in [0.05, 0.1) is 12.5 Å². The third kappa shape index (κ3) is 7.09. The molecule has 15 heavy (non-hydrogen) atoms. The lowest BCUT2D eigenvalue weighted by molar-refractivity contribution is -0.146. The van der Waals surface area contributed by atoms with Crippen LogP contribution in [0.3, 0.4) is 0 Å². The topological polar surface area (TPSA) is 87.4 Å². The lowest BCUT2D eigenvalue weighted by atomic mass is 10.2. The maximum absolute atomic E-state index is 11.0. The second kappa shape index (κ2) is 7.40. The van der Waals surface area contributed by atoms with Crippen molar-refractivity contribution in [3.63, 3.8) is 0 Å². The molecule has 0 aliphatic rings. The number of carboxylic acid groups (broad SMARTS) is 1. The van der Waals surface area contributed by atoms with Crippen molar-refractivity contribution in [2.24, 2.45) is 0 Å². The van der Waals surface area contributed by atoms with E-state index in [1.165, 1.54) is 0 Å². The fourth-order valence-electron chi connectivity index (χ4n) is 0.819. The number of rotatable bonds is 6. The largest absolute Gasteiger partial charge is 0.481 e. The van der Waals surface area contributed by atoms with E-state index in [1.54, 1.807) is 6.07 Å². The molecule has 0 rings (SSSR count). The standard InChI is InChI=1S/C10H11NO4/c1-2-8(6-7-11)15-10(14)5-3-4-9(12)13/h1,8H,3-6H2,(H,12,13). The number of terminal acetylenes is 1. The number of carbonyl (C=O) groups excluding carboxylic acids is 1. The van der Waals surface area contributed by atoms with E-state index in [9.17, 15) is 9.59 Å². The zero-order valence-corrected chi connectivity index (χ0v) is 8.10. The molecule has 0 amide bonds. The molecule has 0 aromatic carbocycles. The summed E-state index contributed by atoms with van der Waals surface area (Å²) in [6.45, 7) is 0. The summed E-state index contributed by atoms with van der Waals surface area (Å²) in [4.78, 5) is 21.2. The summed E-state index contributed by atoms with van der Waals surface area (Å²) in [6.07, 6.45) is 4.23. The zero-order chi connectivity index (χ0) is 11.7. The number of carboxylic acids is 1. The summed E-state index contributed by atoms with van der Waals surface area (Å²) in [5, 5.41) is 16.6. The van der Waals surface area contributed by atoms with Gasteiger partial charge in [0.15, 0.2) is 6.10 Å². The van der Waals surface area contributed by atoms with Crippen molar-refractivity contribution in [3.05, 3.63) is 0 Å². The second-order valence-corrected chi connectivity index (χ2v) is 2.75. The van der Waals surface area contributed by atoms with E-state index in [2.05, 4.69) is 5.92 Å². The highest BCUT2D eigenvalue weighted by atomic mass is 16.5. The highest BCUT2D eigenvalue weighted by Gasteiger charge is 2.11. The minimum absolute atomic E-state index is 0.00406. The molecule has 0 aromatic rings. The average molecular weight is 209 g/mol. The smallest absolute Gasteiger partial charge is 0.307 e. The number of esters is 1. The third-order valence-electron chi connectivity index (χ3n) is 1.51. The van der Waals surface area contributed by atoms with Gasteiger partial charge in [0.1, 0.15) is 0 Å². The highest BCUT2D eigenvalue weighted by molar-refractivity contribution is 5.71. The maximum atomic E-state index is 11.0. The van der Waals surface area contributed by atoms with Crippen molar-refractivity contribution in [2.45, 2.75) is 31.8 Å². The summed E-state index contributed by atoms with van der Waals surface area (Å²) >= 11 is 0. The van der Waals surface area contributed by atoms with Gasteiger partial charge in [-0.2, -0.15) is 5.26 Å². The molecule has 0 fully saturated rings. The Morgan fingerprint density at radius 2 is 2.13 bits per heavy atom. The molecule has 1 atom stereocenters. The van der Waals surface area contributed by atoms with Gasteiger partial charge < -0.3 is 9.84 Å². The van der Waals surface area contributed by atoms with Crippen LogP contribution in [0.5, 0.6) is 0 Å². The molecule has 0 saturated carbocycles. The number of ether oxygens (including phenoxy) is 1. The van der Waals surface area contributed by atoms with E-state index in [0.717, 1.165) is 0 Å². The normalized spacial score (nSPS) is 10.8. The Kier molecular flexibility index (Phi) is 6.41. The average Bonchev–Trinajstić information content (AvgIpc) is 2.16. The fourth-order valence-corrected chi connectivity index (χ4v) is 0.819. The minimum Gasteiger partial charge on any atom is -0.481 e. The van der Waals surface area contributed by atoms with Crippen LogP contribution in [0.15, 0.2) is 0 Å². The van der Waals surface area contributed by atoms with Gasteiger partial charge in [0.25, 0.3) is 0 Å². The summed E-state index contributed by atoms with van der Waals surface area (Å²) < 4.78 is 4.73. The van der Waals surface area contributed by atoms with Crippen LogP contribution < -0.4 is 0 Å². The van der Waals surface area contributed by atoms with Crippen LogP contribution in [0, 0.1) is 23.7 Å².